The van der Waals surface area contributed by atoms with Crippen molar-refractivity contribution in [1.29, 1.82) is 0 Å². The molecule has 0 aromatic heterocycles. The smallest absolute Gasteiger partial charge is 0.166 e. The van der Waals surface area contributed by atoms with Gasteiger partial charge in [0, 0.05) is 0 Å². The van der Waals surface area contributed by atoms with E-state index in [1.54, 1.807) is 42.7 Å². The number of ether oxygens (including phenoxy) is 6. The van der Waals surface area contributed by atoms with Crippen LogP contribution in [0.15, 0.2) is 350 Å². The van der Waals surface area contributed by atoms with Crippen molar-refractivity contribution in [2.45, 2.75) is 100 Å². The van der Waals surface area contributed by atoms with Crippen LogP contribution in [-0.4, -0.2) is 42.7 Å². The van der Waals surface area contributed by atoms with Gasteiger partial charge in [-0.25, -0.2) is 0 Å². The molecule has 0 atom stereocenters. The number of aryl methyl sites for hydroxylation is 6. The Morgan fingerprint density at radius 1 is 0.138 bits per heavy atom. The summed E-state index contributed by atoms with van der Waals surface area (Å²) in [6.07, 6.45) is 0. The monoisotopic (exact) mass is 1320 g/mol. The van der Waals surface area contributed by atoms with Gasteiger partial charge in [0.25, 0.3) is 0 Å². The lowest BCUT2D eigenvalue weighted by Gasteiger charge is -2.10. The third-order valence-corrected chi connectivity index (χ3v) is 24.2. The molecule has 0 fully saturated rings. The Morgan fingerprint density at radius 3 is 0.309 bits per heavy atom. The molecule has 0 spiro atoms. The molecule has 0 radical (unpaired) electrons. The molecule has 6 nitrogen and oxygen atoms in total. The first-order chi connectivity index (χ1) is 45.8. The second-order valence-electron chi connectivity index (χ2n) is 22.2. The zero-order valence-corrected chi connectivity index (χ0v) is 59.1. The molecular formula is C84H84O6S4+4. The van der Waals surface area contributed by atoms with E-state index >= 15 is 0 Å². The van der Waals surface area contributed by atoms with Gasteiger partial charge in [0.2, 0.25) is 0 Å². The van der Waals surface area contributed by atoms with Crippen molar-refractivity contribution in [2.75, 3.05) is 42.7 Å². The summed E-state index contributed by atoms with van der Waals surface area (Å²) in [6.45, 7) is 12.8. The highest BCUT2D eigenvalue weighted by molar-refractivity contribution is 7.98. The molecule has 0 aliphatic carbocycles. The van der Waals surface area contributed by atoms with Gasteiger partial charge in [-0.1, -0.05) is 106 Å². The SMILES string of the molecule is COc1ccc([S+](c2ccc(C)cc2)c2ccc(C)cc2)cc1.COc1ccc([S+](c2ccc(C)cc2)c2ccc(OC)cc2)cc1.COc1ccc([S+](c2ccc(OC)cc2)c2ccc(OC)cc2)cc1.Cc1ccc([S+](c2ccc(C)cc2)c2ccc(C)cc2)cc1. The van der Waals surface area contributed by atoms with E-state index < -0.39 is 0 Å². The van der Waals surface area contributed by atoms with E-state index in [9.17, 15) is 0 Å². The summed E-state index contributed by atoms with van der Waals surface area (Å²) in [5.74, 6) is 5.22. The van der Waals surface area contributed by atoms with E-state index in [0.717, 1.165) is 34.5 Å². The van der Waals surface area contributed by atoms with Crippen LogP contribution >= 0.6 is 0 Å². The molecule has 12 rings (SSSR count). The fourth-order valence-corrected chi connectivity index (χ4v) is 18.1. The Labute approximate surface area is 570 Å². The van der Waals surface area contributed by atoms with Crippen LogP contribution in [0.25, 0.3) is 0 Å². The second kappa shape index (κ2) is 34.7. The molecule has 12 aromatic rings. The first kappa shape index (κ1) is 69.2. The Hall–Kier alpha value is -9.16. The van der Waals surface area contributed by atoms with Crippen molar-refractivity contribution in [2.24, 2.45) is 0 Å². The Morgan fingerprint density at radius 2 is 0.223 bits per heavy atom. The van der Waals surface area contributed by atoms with Gasteiger partial charge >= 0.3 is 0 Å². The molecule has 0 aliphatic rings. The highest BCUT2D eigenvalue weighted by Crippen LogP contribution is 2.38. The summed E-state index contributed by atoms with van der Waals surface area (Å²) in [4.78, 5) is 15.6. The fourth-order valence-electron chi connectivity index (χ4n) is 9.95. The third-order valence-electron chi connectivity index (χ3n) is 15.3. The maximum Gasteiger partial charge on any atom is 0.166 e. The van der Waals surface area contributed by atoms with E-state index in [0.29, 0.717) is 0 Å². The second-order valence-corrected chi connectivity index (χ2v) is 30.3. The lowest BCUT2D eigenvalue weighted by Crippen LogP contribution is -2.05. The number of hydrogen-bond acceptors (Lipinski definition) is 6. The van der Waals surface area contributed by atoms with Crippen molar-refractivity contribution in [1.82, 2.24) is 0 Å². The molecule has 0 amide bonds. The predicted octanol–water partition coefficient (Wildman–Crippen LogP) is 21.0. The van der Waals surface area contributed by atoms with Crippen LogP contribution in [0.2, 0.25) is 0 Å². The summed E-state index contributed by atoms with van der Waals surface area (Å²) in [5.41, 5.74) is 7.76. The minimum absolute atomic E-state index is 0.0394. The maximum absolute atomic E-state index is 5.29. The maximum atomic E-state index is 5.29. The number of methoxy groups -OCH3 is 6. The van der Waals surface area contributed by atoms with Crippen LogP contribution in [0.4, 0.5) is 0 Å². The van der Waals surface area contributed by atoms with Gasteiger partial charge in [0.1, 0.15) is 34.5 Å². The third kappa shape index (κ3) is 19.0. The van der Waals surface area contributed by atoms with Gasteiger partial charge in [-0.05, 0) is 260 Å². The molecule has 94 heavy (non-hydrogen) atoms. The van der Waals surface area contributed by atoms with Crippen molar-refractivity contribution in [3.8, 4) is 34.5 Å². The van der Waals surface area contributed by atoms with E-state index in [2.05, 4.69) is 260 Å². The predicted molar refractivity (Wildman–Crippen MR) is 394 cm³/mol. The summed E-state index contributed by atoms with van der Waals surface area (Å²) >= 11 is 0. The zero-order chi connectivity index (χ0) is 66.3. The van der Waals surface area contributed by atoms with E-state index in [1.807, 2.05) is 72.8 Å². The van der Waals surface area contributed by atoms with Crippen molar-refractivity contribution in [3.05, 3.63) is 325 Å². The number of hydrogen-bond donors (Lipinski definition) is 0. The molecule has 0 N–H and O–H groups in total. The van der Waals surface area contributed by atoms with Crippen LogP contribution in [0.5, 0.6) is 34.5 Å². The quantitative estimate of drug-likeness (QED) is 0.0798. The largest absolute Gasteiger partial charge is 0.497 e. The van der Waals surface area contributed by atoms with Crippen molar-refractivity contribution >= 4 is 43.6 Å². The van der Waals surface area contributed by atoms with Gasteiger partial charge in [-0.15, -0.1) is 0 Å². The van der Waals surface area contributed by atoms with E-state index in [-0.39, 0.29) is 43.6 Å². The first-order valence-electron chi connectivity index (χ1n) is 31.0. The highest BCUT2D eigenvalue weighted by atomic mass is 32.2. The average molecular weight is 1320 g/mol. The summed E-state index contributed by atoms with van der Waals surface area (Å²) in [5, 5.41) is 0. The average Bonchev–Trinajstić information content (AvgIpc) is 0.864. The topological polar surface area (TPSA) is 55.4 Å². The highest BCUT2D eigenvalue weighted by Gasteiger charge is 2.32. The molecular weight excluding hydrogens is 1230 g/mol. The fraction of sp³-hybridized carbons (Fsp3) is 0.143. The Kier molecular flexibility index (Phi) is 25.5. The Bertz CT molecular complexity index is 3870. The molecule has 0 unspecified atom stereocenters. The van der Waals surface area contributed by atoms with Crippen LogP contribution in [-0.2, 0) is 43.6 Å². The van der Waals surface area contributed by atoms with E-state index in [1.165, 1.54) is 92.1 Å². The number of rotatable bonds is 18. The first-order valence-corrected chi connectivity index (χ1v) is 35.9. The van der Waals surface area contributed by atoms with Crippen molar-refractivity contribution < 1.29 is 28.4 Å². The zero-order valence-electron chi connectivity index (χ0n) is 55.8. The van der Waals surface area contributed by atoms with Gasteiger partial charge in [0.15, 0.2) is 58.7 Å². The summed E-state index contributed by atoms with van der Waals surface area (Å²) in [7, 11) is 9.63. The molecule has 0 bridgehead atoms. The molecule has 0 aliphatic heterocycles. The van der Waals surface area contributed by atoms with Gasteiger partial charge in [-0.2, -0.15) is 0 Å². The van der Waals surface area contributed by atoms with Gasteiger partial charge in [-0.3, -0.25) is 0 Å². The molecule has 0 saturated heterocycles. The molecule has 476 valence electrons. The van der Waals surface area contributed by atoms with Gasteiger partial charge < -0.3 is 28.4 Å². The van der Waals surface area contributed by atoms with E-state index in [4.69, 9.17) is 28.4 Å². The number of benzene rings is 12. The lowest BCUT2D eigenvalue weighted by atomic mass is 10.2. The van der Waals surface area contributed by atoms with Crippen LogP contribution in [0.1, 0.15) is 33.4 Å². The summed E-state index contributed by atoms with van der Waals surface area (Å²) < 4.78 is 31.8. The standard InChI is InChI=1S/C21H21O3S.C21H21O2S.C21H21OS.C21H21S/c1-22-16-4-10-19(11-5-16)25(20-12-6-17(23-2)7-13-20)21-14-8-18(24-3)9-15-21;1-16-4-10-19(11-5-16)24(20-12-6-17(22-2)7-13-20)21-14-8-18(23-3)9-15-21;1-16-4-10-19(11-5-16)23(20-12-6-17(2)7-13-20)21-14-8-18(22-3)9-15-21;1-16-4-10-19(11-5-16)22(20-12-6-17(2)7-13-20)21-14-8-18(3)9-15-21/h4-15H,1-3H3;4-15H,1-3H3;4-15H,1-3H3;4-15H,1-3H3/q4*+1. The Balaban J connectivity index is 0.000000148. The van der Waals surface area contributed by atoms with Crippen LogP contribution in [0, 0.1) is 41.5 Å². The summed E-state index contributed by atoms with van der Waals surface area (Å²) in [6, 6.07) is 103. The van der Waals surface area contributed by atoms with Crippen molar-refractivity contribution in [3.63, 3.8) is 0 Å². The lowest BCUT2D eigenvalue weighted by molar-refractivity contribution is 0.414. The van der Waals surface area contributed by atoms with Crippen LogP contribution < -0.4 is 28.4 Å². The molecule has 12 aromatic carbocycles. The van der Waals surface area contributed by atoms with Crippen LogP contribution in [0.3, 0.4) is 0 Å². The minimum Gasteiger partial charge on any atom is -0.497 e. The minimum atomic E-state index is -0.212. The molecule has 0 saturated carbocycles. The molecule has 0 heterocycles. The normalized spacial score (nSPS) is 10.7. The van der Waals surface area contributed by atoms with Gasteiger partial charge in [0.05, 0.1) is 86.2 Å². The molecule has 10 heteroatoms.